The van der Waals surface area contributed by atoms with Crippen molar-refractivity contribution < 1.29 is 17.9 Å². The highest BCUT2D eigenvalue weighted by molar-refractivity contribution is 7.89. The fraction of sp³-hybridized carbons (Fsp3) is 0.455. The first-order valence-electron chi connectivity index (χ1n) is 10.1. The van der Waals surface area contributed by atoms with Gasteiger partial charge in [0.25, 0.3) is 0 Å². The number of nitrogens with zero attached hydrogens (tertiary/aromatic N) is 3. The second-order valence-corrected chi connectivity index (χ2v) is 9.32. The fourth-order valence-corrected chi connectivity index (χ4v) is 5.76. The van der Waals surface area contributed by atoms with Gasteiger partial charge in [-0.05, 0) is 56.4 Å². The van der Waals surface area contributed by atoms with Crippen molar-refractivity contribution in [1.82, 2.24) is 8.87 Å². The highest BCUT2D eigenvalue weighted by atomic mass is 32.2. The van der Waals surface area contributed by atoms with Crippen LogP contribution in [0.25, 0.3) is 4.85 Å². The van der Waals surface area contributed by atoms with Crippen molar-refractivity contribution in [2.75, 3.05) is 19.7 Å². The van der Waals surface area contributed by atoms with Crippen LogP contribution in [-0.2, 0) is 32.5 Å². The molecule has 30 heavy (non-hydrogen) atoms. The molecule has 1 saturated heterocycles. The van der Waals surface area contributed by atoms with Gasteiger partial charge in [0.05, 0.1) is 17.2 Å². The summed E-state index contributed by atoms with van der Waals surface area (Å²) >= 11 is 0. The minimum atomic E-state index is -3.56. The van der Waals surface area contributed by atoms with E-state index in [1.165, 1.54) is 0 Å². The lowest BCUT2D eigenvalue weighted by atomic mass is 10.0. The topological polar surface area (TPSA) is 73.0 Å². The van der Waals surface area contributed by atoms with Crippen molar-refractivity contribution in [2.24, 2.45) is 0 Å². The minimum Gasteiger partial charge on any atom is -0.463 e. The third-order valence-electron chi connectivity index (χ3n) is 5.61. The zero-order valence-electron chi connectivity index (χ0n) is 17.6. The molecule has 1 aromatic heterocycles. The van der Waals surface area contributed by atoms with Crippen LogP contribution in [0.15, 0.2) is 29.2 Å². The van der Waals surface area contributed by atoms with Gasteiger partial charge in [-0.3, -0.25) is 4.57 Å². The maximum absolute atomic E-state index is 13.2. The van der Waals surface area contributed by atoms with Crippen LogP contribution in [0, 0.1) is 20.4 Å². The standard InChI is InChI=1S/C22H27N3O4S/c1-5-29-21(26)15-25-17(3)19(16(2)22(25)23-4)14-18-10-6-7-11-20(18)30(27,28)24-12-8-9-13-24/h6-7,10-11H,5,8-9,12-15H2,1-3H3. The van der Waals surface area contributed by atoms with Gasteiger partial charge in [0, 0.05) is 19.5 Å². The van der Waals surface area contributed by atoms with Crippen LogP contribution in [0.2, 0.25) is 0 Å². The first kappa shape index (κ1) is 22.1. The van der Waals surface area contributed by atoms with E-state index < -0.39 is 16.0 Å². The molecule has 3 rings (SSSR count). The molecule has 7 nitrogen and oxygen atoms in total. The molecule has 0 atom stereocenters. The average Bonchev–Trinajstić information content (AvgIpc) is 3.33. The molecule has 0 unspecified atom stereocenters. The highest BCUT2D eigenvalue weighted by Crippen LogP contribution is 2.33. The highest BCUT2D eigenvalue weighted by Gasteiger charge is 2.30. The van der Waals surface area contributed by atoms with Gasteiger partial charge in [0.15, 0.2) is 6.54 Å². The zero-order chi connectivity index (χ0) is 21.9. The molecule has 1 fully saturated rings. The van der Waals surface area contributed by atoms with E-state index in [1.807, 2.05) is 26.0 Å². The summed E-state index contributed by atoms with van der Waals surface area (Å²) < 4.78 is 34.6. The van der Waals surface area contributed by atoms with E-state index >= 15 is 0 Å². The summed E-state index contributed by atoms with van der Waals surface area (Å²) in [5.74, 6) is -0.0144. The van der Waals surface area contributed by atoms with Crippen molar-refractivity contribution in [1.29, 1.82) is 0 Å². The number of rotatable bonds is 7. The Balaban J connectivity index is 2.01. The van der Waals surface area contributed by atoms with Crippen LogP contribution in [0.4, 0.5) is 5.82 Å². The third-order valence-corrected chi connectivity index (χ3v) is 7.61. The van der Waals surface area contributed by atoms with Crippen molar-refractivity contribution in [3.8, 4) is 0 Å². The van der Waals surface area contributed by atoms with E-state index in [9.17, 15) is 13.2 Å². The lowest BCUT2D eigenvalue weighted by molar-refractivity contribution is -0.143. The largest absolute Gasteiger partial charge is 0.463 e. The Hall–Kier alpha value is -2.63. The molecule has 1 aromatic carbocycles. The smallest absolute Gasteiger partial charge is 0.347 e. The number of carbonyl (C=O) groups excluding carboxylic acids is 1. The average molecular weight is 430 g/mol. The molecule has 1 aliphatic heterocycles. The van der Waals surface area contributed by atoms with Crippen molar-refractivity contribution >= 4 is 21.8 Å². The Morgan fingerprint density at radius 3 is 2.50 bits per heavy atom. The fourth-order valence-electron chi connectivity index (χ4n) is 4.02. The number of hydrogen-bond acceptors (Lipinski definition) is 4. The van der Waals surface area contributed by atoms with Gasteiger partial charge < -0.3 is 9.58 Å². The van der Waals surface area contributed by atoms with E-state index in [4.69, 9.17) is 11.3 Å². The van der Waals surface area contributed by atoms with E-state index in [2.05, 4.69) is 4.85 Å². The Morgan fingerprint density at radius 2 is 1.87 bits per heavy atom. The number of ether oxygens (including phenoxy) is 1. The van der Waals surface area contributed by atoms with Gasteiger partial charge in [0.2, 0.25) is 15.8 Å². The lowest BCUT2D eigenvalue weighted by Crippen LogP contribution is -2.28. The van der Waals surface area contributed by atoms with E-state index in [0.717, 1.165) is 29.7 Å². The molecule has 160 valence electrons. The first-order valence-corrected chi connectivity index (χ1v) is 11.5. The van der Waals surface area contributed by atoms with Crippen LogP contribution in [0.3, 0.4) is 0 Å². The van der Waals surface area contributed by atoms with Crippen molar-refractivity contribution in [3.05, 3.63) is 58.1 Å². The molecule has 0 saturated carbocycles. The predicted molar refractivity (Wildman–Crippen MR) is 114 cm³/mol. The van der Waals surface area contributed by atoms with Crippen molar-refractivity contribution in [2.45, 2.75) is 51.5 Å². The molecule has 1 aliphatic rings. The summed E-state index contributed by atoms with van der Waals surface area (Å²) in [4.78, 5) is 15.9. The summed E-state index contributed by atoms with van der Waals surface area (Å²) in [6, 6.07) is 7.04. The SMILES string of the molecule is [C-]#[N+]c1c(C)c(Cc2ccccc2S(=O)(=O)N2CCCC2)c(C)n1CC(=O)OCC. The minimum absolute atomic E-state index is 0.0358. The van der Waals surface area contributed by atoms with E-state index in [0.29, 0.717) is 35.8 Å². The zero-order valence-corrected chi connectivity index (χ0v) is 18.5. The molecule has 0 spiro atoms. The summed E-state index contributed by atoms with van der Waals surface area (Å²) in [5, 5.41) is 0. The Morgan fingerprint density at radius 1 is 1.20 bits per heavy atom. The maximum Gasteiger partial charge on any atom is 0.347 e. The molecule has 8 heteroatoms. The monoisotopic (exact) mass is 429 g/mol. The summed E-state index contributed by atoms with van der Waals surface area (Å²) in [6.07, 6.45) is 2.13. The van der Waals surface area contributed by atoms with Crippen molar-refractivity contribution in [3.63, 3.8) is 0 Å². The van der Waals surface area contributed by atoms with Gasteiger partial charge >= 0.3 is 5.97 Å². The Labute approximate surface area is 178 Å². The summed E-state index contributed by atoms with van der Waals surface area (Å²) in [6.45, 7) is 14.3. The summed E-state index contributed by atoms with van der Waals surface area (Å²) in [5.41, 5.74) is 3.11. The van der Waals surface area contributed by atoms with Gasteiger partial charge in [-0.15, -0.1) is 0 Å². The molecule has 2 aromatic rings. The van der Waals surface area contributed by atoms with E-state index in [-0.39, 0.29) is 13.2 Å². The third kappa shape index (κ3) is 4.13. The molecule has 0 N–H and O–H groups in total. The second kappa shape index (κ2) is 9.02. The molecule has 2 heterocycles. The normalized spacial score (nSPS) is 14.6. The van der Waals surface area contributed by atoms with E-state index in [1.54, 1.807) is 27.9 Å². The molecule has 0 amide bonds. The lowest BCUT2D eigenvalue weighted by Gasteiger charge is -2.18. The number of aromatic nitrogens is 1. The van der Waals surface area contributed by atoms with Gasteiger partial charge in [-0.1, -0.05) is 24.8 Å². The van der Waals surface area contributed by atoms with Crippen LogP contribution in [0.5, 0.6) is 0 Å². The quantitative estimate of drug-likeness (QED) is 0.498. The maximum atomic E-state index is 13.2. The van der Waals surface area contributed by atoms with Gasteiger partial charge in [0.1, 0.15) is 0 Å². The second-order valence-electron chi connectivity index (χ2n) is 7.41. The number of sulfonamides is 1. The number of carbonyl (C=O) groups is 1. The van der Waals surface area contributed by atoms with Crippen LogP contribution >= 0.6 is 0 Å². The Bertz CT molecular complexity index is 1090. The molecular formula is C22H27N3O4S. The van der Waals surface area contributed by atoms with Crippen LogP contribution in [0.1, 0.15) is 42.1 Å². The molecule has 0 radical (unpaired) electrons. The molecule has 0 aliphatic carbocycles. The number of esters is 1. The van der Waals surface area contributed by atoms with Crippen LogP contribution in [-0.4, -0.2) is 43.0 Å². The van der Waals surface area contributed by atoms with Gasteiger partial charge in [-0.2, -0.15) is 4.31 Å². The molecule has 0 bridgehead atoms. The van der Waals surface area contributed by atoms with Crippen LogP contribution < -0.4 is 0 Å². The predicted octanol–water partition coefficient (Wildman–Crippen LogP) is 3.59. The summed E-state index contributed by atoms with van der Waals surface area (Å²) in [7, 11) is -3.56. The number of benzene rings is 1. The first-order chi connectivity index (χ1) is 14.3. The Kier molecular flexibility index (Phi) is 6.64. The molecular weight excluding hydrogens is 402 g/mol. The van der Waals surface area contributed by atoms with Gasteiger partial charge in [-0.25, -0.2) is 13.2 Å². The number of hydrogen-bond donors (Lipinski definition) is 0.